The Morgan fingerprint density at radius 3 is 2.94 bits per heavy atom. The van der Waals surface area contributed by atoms with Gasteiger partial charge in [0.1, 0.15) is 5.56 Å². The number of anilines is 1. The van der Waals surface area contributed by atoms with Crippen molar-refractivity contribution < 1.29 is 9.53 Å². The third kappa shape index (κ3) is 2.00. The van der Waals surface area contributed by atoms with Gasteiger partial charge >= 0.3 is 5.97 Å². The lowest BCUT2D eigenvalue weighted by Gasteiger charge is -2.11. The average Bonchev–Trinajstić information content (AvgIpc) is 2.38. The Kier molecular flexibility index (Phi) is 3.43. The first-order valence-corrected chi connectivity index (χ1v) is 5.71. The van der Waals surface area contributed by atoms with Gasteiger partial charge in [-0.05, 0) is 19.4 Å². The Hall–Kier alpha value is -2.14. The van der Waals surface area contributed by atoms with Crippen LogP contribution in [0.2, 0.25) is 0 Å². The monoisotopic (exact) mass is 245 g/mol. The van der Waals surface area contributed by atoms with Crippen LogP contribution in [0.3, 0.4) is 0 Å². The summed E-state index contributed by atoms with van der Waals surface area (Å²) in [6, 6.07) is 5.72. The smallest absolute Gasteiger partial charge is 0.341 e. The van der Waals surface area contributed by atoms with Crippen molar-refractivity contribution >= 4 is 22.6 Å². The first-order valence-electron chi connectivity index (χ1n) is 5.71. The van der Waals surface area contributed by atoms with E-state index in [-0.39, 0.29) is 0 Å². The molecule has 0 amide bonds. The zero-order valence-electron chi connectivity index (χ0n) is 10.4. The van der Waals surface area contributed by atoms with E-state index in [9.17, 15) is 4.79 Å². The predicted molar refractivity (Wildman–Crippen MR) is 70.2 cm³/mol. The van der Waals surface area contributed by atoms with Crippen molar-refractivity contribution in [3.63, 3.8) is 0 Å². The molecule has 5 nitrogen and oxygen atoms in total. The largest absolute Gasteiger partial charge is 0.462 e. The first kappa shape index (κ1) is 12.3. The quantitative estimate of drug-likeness (QED) is 0.491. The van der Waals surface area contributed by atoms with E-state index in [1.807, 2.05) is 25.1 Å². The number of hydrazine groups is 1. The van der Waals surface area contributed by atoms with E-state index < -0.39 is 5.97 Å². The summed E-state index contributed by atoms with van der Waals surface area (Å²) < 4.78 is 4.98. The number of hydrogen-bond acceptors (Lipinski definition) is 5. The van der Waals surface area contributed by atoms with Crippen LogP contribution in [0.4, 0.5) is 5.69 Å². The van der Waals surface area contributed by atoms with Crippen LogP contribution in [-0.2, 0) is 4.74 Å². The van der Waals surface area contributed by atoms with E-state index in [0.29, 0.717) is 17.9 Å². The van der Waals surface area contributed by atoms with Gasteiger partial charge in [0.05, 0.1) is 17.8 Å². The van der Waals surface area contributed by atoms with E-state index >= 15 is 0 Å². The van der Waals surface area contributed by atoms with Gasteiger partial charge < -0.3 is 10.2 Å². The van der Waals surface area contributed by atoms with Crippen molar-refractivity contribution in [2.24, 2.45) is 5.84 Å². The van der Waals surface area contributed by atoms with E-state index in [1.165, 1.54) is 6.20 Å². The Balaban J connectivity index is 2.67. The van der Waals surface area contributed by atoms with Gasteiger partial charge in [0.15, 0.2) is 0 Å². The van der Waals surface area contributed by atoms with Crippen molar-refractivity contribution in [2.45, 2.75) is 13.8 Å². The van der Waals surface area contributed by atoms with Crippen molar-refractivity contribution in [3.05, 3.63) is 35.5 Å². The molecular weight excluding hydrogens is 230 g/mol. The Morgan fingerprint density at radius 1 is 1.50 bits per heavy atom. The molecule has 0 saturated carbocycles. The average molecular weight is 245 g/mol. The second kappa shape index (κ2) is 5.01. The molecule has 18 heavy (non-hydrogen) atoms. The number of nitrogens with two attached hydrogens (primary N) is 1. The third-order valence-electron chi connectivity index (χ3n) is 2.74. The van der Waals surface area contributed by atoms with Crippen LogP contribution in [0, 0.1) is 6.92 Å². The number of hydrogen-bond donors (Lipinski definition) is 2. The molecule has 0 spiro atoms. The lowest BCUT2D eigenvalue weighted by atomic mass is 10.1. The molecule has 1 aromatic carbocycles. The maximum atomic E-state index is 11.8. The number of aryl methyl sites for hydroxylation is 1. The van der Waals surface area contributed by atoms with Crippen molar-refractivity contribution in [2.75, 3.05) is 12.0 Å². The molecule has 0 bridgehead atoms. The molecule has 0 aliphatic carbocycles. The fraction of sp³-hybridized carbons (Fsp3) is 0.231. The summed E-state index contributed by atoms with van der Waals surface area (Å²) in [5.74, 6) is 5.09. The molecule has 1 heterocycles. The van der Waals surface area contributed by atoms with Gasteiger partial charge in [-0.1, -0.05) is 18.2 Å². The summed E-state index contributed by atoms with van der Waals surface area (Å²) in [5, 5.41) is 0.808. The number of nitrogen functional groups attached to an aromatic ring is 1. The number of pyridine rings is 1. The summed E-state index contributed by atoms with van der Waals surface area (Å²) in [6.45, 7) is 4.03. The summed E-state index contributed by atoms with van der Waals surface area (Å²) in [6.07, 6.45) is 1.49. The molecule has 0 fully saturated rings. The first-order chi connectivity index (χ1) is 8.69. The van der Waals surface area contributed by atoms with Crippen LogP contribution in [0.1, 0.15) is 22.8 Å². The standard InChI is InChI=1S/C13H15N3O2/c1-3-18-13(17)10-7-15-11-8(2)5-4-6-9(11)12(10)16-14/h4-7H,3,14H2,1-2H3,(H,15,16). The number of ether oxygens (including phenoxy) is 1. The predicted octanol–water partition coefficient (Wildman–Crippen LogP) is 2.01. The summed E-state index contributed by atoms with van der Waals surface area (Å²) in [7, 11) is 0. The number of para-hydroxylation sites is 1. The van der Waals surface area contributed by atoms with Gasteiger partial charge in [0.2, 0.25) is 0 Å². The molecule has 3 N–H and O–H groups in total. The number of carbonyl (C=O) groups excluding carboxylic acids is 1. The molecule has 94 valence electrons. The molecular formula is C13H15N3O2. The molecule has 0 radical (unpaired) electrons. The van der Waals surface area contributed by atoms with Gasteiger partial charge in [-0.2, -0.15) is 0 Å². The van der Waals surface area contributed by atoms with Crippen LogP contribution < -0.4 is 11.3 Å². The molecule has 2 rings (SSSR count). The van der Waals surface area contributed by atoms with Crippen LogP contribution >= 0.6 is 0 Å². The number of rotatable bonds is 3. The van der Waals surface area contributed by atoms with E-state index in [0.717, 1.165) is 16.5 Å². The van der Waals surface area contributed by atoms with Gasteiger partial charge in [-0.15, -0.1) is 0 Å². The lowest BCUT2D eigenvalue weighted by molar-refractivity contribution is 0.0527. The number of nitrogens with one attached hydrogen (secondary N) is 1. The highest BCUT2D eigenvalue weighted by molar-refractivity contribution is 6.05. The third-order valence-corrected chi connectivity index (χ3v) is 2.74. The highest BCUT2D eigenvalue weighted by atomic mass is 16.5. The number of benzene rings is 1. The molecule has 5 heteroatoms. The van der Waals surface area contributed by atoms with Crippen molar-refractivity contribution in [1.82, 2.24) is 4.98 Å². The van der Waals surface area contributed by atoms with Crippen molar-refractivity contribution in [1.29, 1.82) is 0 Å². The van der Waals surface area contributed by atoms with Crippen LogP contribution in [-0.4, -0.2) is 17.6 Å². The van der Waals surface area contributed by atoms with Crippen LogP contribution in [0.15, 0.2) is 24.4 Å². The van der Waals surface area contributed by atoms with E-state index in [1.54, 1.807) is 6.92 Å². The maximum absolute atomic E-state index is 11.8. The van der Waals surface area contributed by atoms with Crippen molar-refractivity contribution in [3.8, 4) is 0 Å². The fourth-order valence-corrected chi connectivity index (χ4v) is 1.89. The van der Waals surface area contributed by atoms with Gasteiger partial charge in [0.25, 0.3) is 0 Å². The lowest BCUT2D eigenvalue weighted by Crippen LogP contribution is -2.15. The summed E-state index contributed by atoms with van der Waals surface area (Å²) >= 11 is 0. The minimum absolute atomic E-state index is 0.314. The summed E-state index contributed by atoms with van der Waals surface area (Å²) in [4.78, 5) is 16.1. The van der Waals surface area contributed by atoms with Gasteiger partial charge in [0, 0.05) is 11.6 Å². The van der Waals surface area contributed by atoms with Crippen LogP contribution in [0.25, 0.3) is 10.9 Å². The zero-order chi connectivity index (χ0) is 13.1. The number of aromatic nitrogens is 1. The molecule has 0 saturated heterocycles. The Bertz CT molecular complexity index is 596. The van der Waals surface area contributed by atoms with Crippen LogP contribution in [0.5, 0.6) is 0 Å². The number of fused-ring (bicyclic) bond motifs is 1. The molecule has 0 aliphatic heterocycles. The number of esters is 1. The summed E-state index contributed by atoms with van der Waals surface area (Å²) in [5.41, 5.74) is 5.30. The zero-order valence-corrected chi connectivity index (χ0v) is 10.4. The normalized spacial score (nSPS) is 10.4. The Morgan fingerprint density at radius 2 is 2.28 bits per heavy atom. The molecule has 0 atom stereocenters. The molecule has 2 aromatic rings. The number of nitrogens with zero attached hydrogens (tertiary/aromatic N) is 1. The maximum Gasteiger partial charge on any atom is 0.341 e. The Labute approximate surface area is 105 Å². The van der Waals surface area contributed by atoms with E-state index in [4.69, 9.17) is 10.6 Å². The highest BCUT2D eigenvalue weighted by Gasteiger charge is 2.16. The molecule has 0 aliphatic rings. The van der Waals surface area contributed by atoms with Gasteiger partial charge in [-0.25, -0.2) is 4.79 Å². The molecule has 0 unspecified atom stereocenters. The van der Waals surface area contributed by atoms with E-state index in [2.05, 4.69) is 10.4 Å². The number of carbonyl (C=O) groups is 1. The topological polar surface area (TPSA) is 77.2 Å². The second-order valence-corrected chi connectivity index (χ2v) is 3.88. The molecule has 1 aromatic heterocycles. The minimum atomic E-state index is -0.429. The fourth-order valence-electron chi connectivity index (χ4n) is 1.89. The SMILES string of the molecule is CCOC(=O)c1cnc2c(C)cccc2c1NN. The minimum Gasteiger partial charge on any atom is -0.462 e. The highest BCUT2D eigenvalue weighted by Crippen LogP contribution is 2.27. The second-order valence-electron chi connectivity index (χ2n) is 3.88. The van der Waals surface area contributed by atoms with Gasteiger partial charge in [-0.3, -0.25) is 10.8 Å².